The van der Waals surface area contributed by atoms with E-state index in [0.29, 0.717) is 13.1 Å². The zero-order valence-electron chi connectivity index (χ0n) is 11.6. The standard InChI is InChI=1S/C13H17N3O3S2/c1-15-13(2-4-14-15)21(18,19)16-6-11(8-17)12(7-16)10-3-5-20-9-10/h2-5,9,11-12,17H,6-8H2,1H3. The van der Waals surface area contributed by atoms with Crippen molar-refractivity contribution in [3.63, 3.8) is 0 Å². The third kappa shape index (κ3) is 2.52. The Morgan fingerprint density at radius 2 is 2.24 bits per heavy atom. The van der Waals surface area contributed by atoms with Gasteiger partial charge in [-0.15, -0.1) is 0 Å². The van der Waals surface area contributed by atoms with Crippen molar-refractivity contribution in [1.29, 1.82) is 0 Å². The maximum Gasteiger partial charge on any atom is 0.260 e. The lowest BCUT2D eigenvalue weighted by molar-refractivity contribution is 0.223. The van der Waals surface area contributed by atoms with Gasteiger partial charge in [0.2, 0.25) is 0 Å². The maximum absolute atomic E-state index is 12.7. The van der Waals surface area contributed by atoms with Crippen LogP contribution in [-0.2, 0) is 17.1 Å². The van der Waals surface area contributed by atoms with Crippen LogP contribution in [0.3, 0.4) is 0 Å². The summed E-state index contributed by atoms with van der Waals surface area (Å²) < 4.78 is 28.2. The fraction of sp³-hybridized carbons (Fsp3) is 0.462. The van der Waals surface area contributed by atoms with Crippen molar-refractivity contribution >= 4 is 21.4 Å². The van der Waals surface area contributed by atoms with Gasteiger partial charge in [-0.3, -0.25) is 4.68 Å². The second-order valence-electron chi connectivity index (χ2n) is 5.22. The molecule has 0 radical (unpaired) electrons. The number of hydrogen-bond acceptors (Lipinski definition) is 5. The van der Waals surface area contributed by atoms with Gasteiger partial charge < -0.3 is 5.11 Å². The SMILES string of the molecule is Cn1nccc1S(=O)(=O)N1CC(CO)C(c2ccsc2)C1. The van der Waals surface area contributed by atoms with Crippen molar-refractivity contribution in [2.24, 2.45) is 13.0 Å². The number of aryl methyl sites for hydroxylation is 1. The van der Waals surface area contributed by atoms with E-state index in [4.69, 9.17) is 0 Å². The lowest BCUT2D eigenvalue weighted by Crippen LogP contribution is -2.30. The van der Waals surface area contributed by atoms with Crippen LogP contribution in [0, 0.1) is 5.92 Å². The molecular formula is C13H17N3O3S2. The molecule has 3 rings (SSSR count). The zero-order valence-corrected chi connectivity index (χ0v) is 13.2. The topological polar surface area (TPSA) is 75.4 Å². The second kappa shape index (κ2) is 5.53. The molecule has 0 aromatic carbocycles. The average Bonchev–Trinajstić information content (AvgIpc) is 3.17. The Hall–Kier alpha value is -1.22. The van der Waals surface area contributed by atoms with Gasteiger partial charge >= 0.3 is 0 Å². The fourth-order valence-corrected chi connectivity index (χ4v) is 5.17. The van der Waals surface area contributed by atoms with E-state index >= 15 is 0 Å². The van der Waals surface area contributed by atoms with Crippen LogP contribution in [0.2, 0.25) is 0 Å². The lowest BCUT2D eigenvalue weighted by Gasteiger charge is -2.16. The van der Waals surface area contributed by atoms with Gasteiger partial charge in [0.1, 0.15) is 0 Å². The highest BCUT2D eigenvalue weighted by molar-refractivity contribution is 7.89. The maximum atomic E-state index is 12.7. The molecule has 0 amide bonds. The van der Waals surface area contributed by atoms with E-state index in [-0.39, 0.29) is 23.5 Å². The number of sulfonamides is 1. The van der Waals surface area contributed by atoms with Gasteiger partial charge in [0.05, 0.1) is 6.20 Å². The molecule has 0 spiro atoms. The van der Waals surface area contributed by atoms with E-state index < -0.39 is 10.0 Å². The summed E-state index contributed by atoms with van der Waals surface area (Å²) in [6.45, 7) is 0.720. The Morgan fingerprint density at radius 3 is 2.81 bits per heavy atom. The van der Waals surface area contributed by atoms with Crippen molar-refractivity contribution < 1.29 is 13.5 Å². The van der Waals surface area contributed by atoms with Gasteiger partial charge in [0.15, 0.2) is 5.03 Å². The number of aliphatic hydroxyl groups excluding tert-OH is 1. The van der Waals surface area contributed by atoms with Crippen LogP contribution in [-0.4, -0.2) is 47.3 Å². The van der Waals surface area contributed by atoms with Gasteiger partial charge in [0.25, 0.3) is 10.0 Å². The highest BCUT2D eigenvalue weighted by Gasteiger charge is 2.40. The fourth-order valence-electron chi connectivity index (χ4n) is 2.82. The molecule has 114 valence electrons. The van der Waals surface area contributed by atoms with Gasteiger partial charge in [-0.2, -0.15) is 20.7 Å². The zero-order chi connectivity index (χ0) is 15.0. The monoisotopic (exact) mass is 327 g/mol. The molecule has 2 atom stereocenters. The molecule has 0 bridgehead atoms. The van der Waals surface area contributed by atoms with E-state index in [9.17, 15) is 13.5 Å². The largest absolute Gasteiger partial charge is 0.396 e. The summed E-state index contributed by atoms with van der Waals surface area (Å²) in [6, 6.07) is 3.50. The van der Waals surface area contributed by atoms with Gasteiger partial charge in [0, 0.05) is 38.6 Å². The number of rotatable bonds is 4. The molecule has 21 heavy (non-hydrogen) atoms. The molecule has 8 heteroatoms. The number of thiophene rings is 1. The Bertz CT molecular complexity index is 709. The van der Waals surface area contributed by atoms with Crippen molar-refractivity contribution in [2.45, 2.75) is 10.9 Å². The first-order valence-electron chi connectivity index (χ1n) is 6.65. The van der Waals surface area contributed by atoms with Gasteiger partial charge in [-0.25, -0.2) is 8.42 Å². The summed E-state index contributed by atoms with van der Waals surface area (Å²) in [5.74, 6) is -0.0214. The lowest BCUT2D eigenvalue weighted by atomic mass is 9.92. The number of aromatic nitrogens is 2. The molecular weight excluding hydrogens is 310 g/mol. The van der Waals surface area contributed by atoms with Crippen LogP contribution in [0.15, 0.2) is 34.1 Å². The Kier molecular flexibility index (Phi) is 3.87. The van der Waals surface area contributed by atoms with Crippen LogP contribution in [0.5, 0.6) is 0 Å². The van der Waals surface area contributed by atoms with Crippen LogP contribution >= 0.6 is 11.3 Å². The molecule has 2 aromatic rings. The molecule has 1 saturated heterocycles. The number of hydrogen-bond donors (Lipinski definition) is 1. The van der Waals surface area contributed by atoms with Gasteiger partial charge in [-0.1, -0.05) is 0 Å². The van der Waals surface area contributed by atoms with Crippen molar-refractivity contribution in [3.05, 3.63) is 34.7 Å². The summed E-state index contributed by atoms with van der Waals surface area (Å²) in [5.41, 5.74) is 1.10. The van der Waals surface area contributed by atoms with Crippen LogP contribution < -0.4 is 0 Å². The Morgan fingerprint density at radius 1 is 1.43 bits per heavy atom. The first-order chi connectivity index (χ1) is 10.0. The van der Waals surface area contributed by atoms with E-state index in [0.717, 1.165) is 5.56 Å². The molecule has 0 aliphatic carbocycles. The summed E-state index contributed by atoms with van der Waals surface area (Å²) in [4.78, 5) is 0. The first kappa shape index (κ1) is 14.7. The van der Waals surface area contributed by atoms with Crippen molar-refractivity contribution in [2.75, 3.05) is 19.7 Å². The molecule has 2 unspecified atom stereocenters. The molecule has 3 heterocycles. The van der Waals surface area contributed by atoms with E-state index in [1.165, 1.54) is 21.3 Å². The highest BCUT2D eigenvalue weighted by atomic mass is 32.2. The average molecular weight is 327 g/mol. The summed E-state index contributed by atoms with van der Waals surface area (Å²) >= 11 is 1.58. The third-order valence-corrected chi connectivity index (χ3v) is 6.60. The van der Waals surface area contributed by atoms with E-state index in [1.807, 2.05) is 16.8 Å². The highest BCUT2D eigenvalue weighted by Crippen LogP contribution is 2.36. The molecule has 2 aromatic heterocycles. The van der Waals surface area contributed by atoms with E-state index in [1.54, 1.807) is 18.4 Å². The number of nitrogens with zero attached hydrogens (tertiary/aromatic N) is 3. The minimum Gasteiger partial charge on any atom is -0.396 e. The van der Waals surface area contributed by atoms with Crippen LogP contribution in [0.1, 0.15) is 11.5 Å². The molecule has 1 fully saturated rings. The van der Waals surface area contributed by atoms with Crippen molar-refractivity contribution in [1.82, 2.24) is 14.1 Å². The van der Waals surface area contributed by atoms with E-state index in [2.05, 4.69) is 5.10 Å². The molecule has 1 aliphatic heterocycles. The Labute approximate surface area is 127 Å². The molecule has 0 saturated carbocycles. The van der Waals surface area contributed by atoms with Gasteiger partial charge in [-0.05, 0) is 28.5 Å². The summed E-state index contributed by atoms with van der Waals surface area (Å²) in [7, 11) is -1.95. The van der Waals surface area contributed by atoms with Crippen LogP contribution in [0.4, 0.5) is 0 Å². The minimum absolute atomic E-state index is 0.0160. The first-order valence-corrected chi connectivity index (χ1v) is 9.03. The third-order valence-electron chi connectivity index (χ3n) is 3.99. The number of aliphatic hydroxyl groups is 1. The summed E-state index contributed by atoms with van der Waals surface area (Å²) in [6.07, 6.45) is 1.48. The predicted octanol–water partition coefficient (Wildman–Crippen LogP) is 0.878. The smallest absolute Gasteiger partial charge is 0.260 e. The quantitative estimate of drug-likeness (QED) is 0.904. The predicted molar refractivity (Wildman–Crippen MR) is 79.6 cm³/mol. The minimum atomic E-state index is -3.57. The second-order valence-corrected chi connectivity index (χ2v) is 7.89. The Balaban J connectivity index is 1.90. The van der Waals surface area contributed by atoms with Crippen LogP contribution in [0.25, 0.3) is 0 Å². The summed E-state index contributed by atoms with van der Waals surface area (Å²) in [5, 5.41) is 17.7. The normalized spacial score (nSPS) is 23.7. The van der Waals surface area contributed by atoms with Crippen molar-refractivity contribution in [3.8, 4) is 0 Å². The molecule has 6 nitrogen and oxygen atoms in total. The molecule has 1 N–H and O–H groups in total. The molecule has 1 aliphatic rings.